The van der Waals surface area contributed by atoms with Crippen LogP contribution in [0.3, 0.4) is 0 Å². The first-order valence-corrected chi connectivity index (χ1v) is 5.82. The summed E-state index contributed by atoms with van der Waals surface area (Å²) >= 11 is 0. The monoisotopic (exact) mass is 260 g/mol. The van der Waals surface area contributed by atoms with Crippen LogP contribution in [0.15, 0.2) is 42.7 Å². The molecular formula is C14H13FN2O2. The minimum atomic E-state index is -1.26. The average Bonchev–Trinajstić information content (AvgIpc) is 2.39. The van der Waals surface area contributed by atoms with Crippen molar-refractivity contribution in [2.45, 2.75) is 6.42 Å². The Bertz CT molecular complexity index is 573. The summed E-state index contributed by atoms with van der Waals surface area (Å²) in [7, 11) is 0. The molecule has 1 aromatic carbocycles. The second-order valence-corrected chi connectivity index (χ2v) is 4.03. The van der Waals surface area contributed by atoms with Crippen LogP contribution in [0.2, 0.25) is 0 Å². The highest BCUT2D eigenvalue weighted by Gasteiger charge is 2.09. The maximum atomic E-state index is 13.4. The van der Waals surface area contributed by atoms with Crippen molar-refractivity contribution in [1.29, 1.82) is 0 Å². The van der Waals surface area contributed by atoms with Crippen LogP contribution in [0.1, 0.15) is 15.9 Å². The highest BCUT2D eigenvalue weighted by atomic mass is 19.1. The van der Waals surface area contributed by atoms with E-state index in [0.29, 0.717) is 12.2 Å². The molecule has 0 unspecified atom stereocenters. The quantitative estimate of drug-likeness (QED) is 0.867. The zero-order valence-electron chi connectivity index (χ0n) is 10.1. The van der Waals surface area contributed by atoms with E-state index in [4.69, 9.17) is 5.11 Å². The topological polar surface area (TPSA) is 62.2 Å². The SMILES string of the molecule is O=C(O)c1ccc(NCCc2ccncc2)cc1F. The Morgan fingerprint density at radius 1 is 1.26 bits per heavy atom. The van der Waals surface area contributed by atoms with Gasteiger partial charge in [0.25, 0.3) is 0 Å². The van der Waals surface area contributed by atoms with Crippen LogP contribution >= 0.6 is 0 Å². The van der Waals surface area contributed by atoms with Crippen molar-refractivity contribution in [3.63, 3.8) is 0 Å². The molecule has 0 radical (unpaired) electrons. The van der Waals surface area contributed by atoms with Crippen LogP contribution < -0.4 is 5.32 Å². The summed E-state index contributed by atoms with van der Waals surface area (Å²) in [5.74, 6) is -2.00. The van der Waals surface area contributed by atoms with E-state index in [2.05, 4.69) is 10.3 Å². The van der Waals surface area contributed by atoms with Crippen molar-refractivity contribution in [3.05, 3.63) is 59.7 Å². The third kappa shape index (κ3) is 3.51. The maximum absolute atomic E-state index is 13.4. The predicted molar refractivity (Wildman–Crippen MR) is 69.8 cm³/mol. The van der Waals surface area contributed by atoms with E-state index in [0.717, 1.165) is 12.0 Å². The number of anilines is 1. The van der Waals surface area contributed by atoms with Gasteiger partial charge in [-0.05, 0) is 42.3 Å². The third-order valence-electron chi connectivity index (χ3n) is 2.69. The number of hydrogen-bond acceptors (Lipinski definition) is 3. The zero-order valence-corrected chi connectivity index (χ0v) is 10.1. The summed E-state index contributed by atoms with van der Waals surface area (Å²) in [6.45, 7) is 0.635. The fraction of sp³-hybridized carbons (Fsp3) is 0.143. The molecule has 98 valence electrons. The van der Waals surface area contributed by atoms with Crippen LogP contribution in [0.5, 0.6) is 0 Å². The van der Waals surface area contributed by atoms with E-state index in [1.165, 1.54) is 12.1 Å². The maximum Gasteiger partial charge on any atom is 0.338 e. The number of benzene rings is 1. The van der Waals surface area contributed by atoms with Crippen molar-refractivity contribution >= 4 is 11.7 Å². The Hall–Kier alpha value is -2.43. The summed E-state index contributed by atoms with van der Waals surface area (Å²) in [5, 5.41) is 11.8. The van der Waals surface area contributed by atoms with Gasteiger partial charge in [-0.3, -0.25) is 4.98 Å². The number of halogens is 1. The summed E-state index contributed by atoms with van der Waals surface area (Å²) in [6.07, 6.45) is 4.22. The molecule has 0 aliphatic heterocycles. The highest BCUT2D eigenvalue weighted by Crippen LogP contribution is 2.14. The Kier molecular flexibility index (Phi) is 4.07. The van der Waals surface area contributed by atoms with Gasteiger partial charge in [0.2, 0.25) is 0 Å². The van der Waals surface area contributed by atoms with Gasteiger partial charge in [0, 0.05) is 24.6 Å². The standard InChI is InChI=1S/C14H13FN2O2/c15-13-9-11(1-2-12(13)14(18)19)17-8-5-10-3-6-16-7-4-10/h1-4,6-7,9,17H,5,8H2,(H,18,19). The third-order valence-corrected chi connectivity index (χ3v) is 2.69. The number of carboxylic acids is 1. The molecule has 1 aromatic heterocycles. The van der Waals surface area contributed by atoms with Gasteiger partial charge in [0.05, 0.1) is 5.56 Å². The molecule has 2 aromatic rings. The number of carboxylic acid groups (broad SMARTS) is 1. The average molecular weight is 260 g/mol. The van der Waals surface area contributed by atoms with Crippen LogP contribution in [0.4, 0.5) is 10.1 Å². The van der Waals surface area contributed by atoms with Crippen molar-refractivity contribution in [3.8, 4) is 0 Å². The van der Waals surface area contributed by atoms with Gasteiger partial charge in [-0.15, -0.1) is 0 Å². The van der Waals surface area contributed by atoms with Crippen molar-refractivity contribution in [1.82, 2.24) is 4.98 Å². The molecule has 0 amide bonds. The smallest absolute Gasteiger partial charge is 0.338 e. The Morgan fingerprint density at radius 3 is 2.63 bits per heavy atom. The Labute approximate surface area is 109 Å². The number of aromatic carboxylic acids is 1. The Morgan fingerprint density at radius 2 is 2.00 bits per heavy atom. The molecule has 0 saturated heterocycles. The first kappa shape index (κ1) is 13.0. The molecule has 1 heterocycles. The lowest BCUT2D eigenvalue weighted by molar-refractivity contribution is 0.0692. The Balaban J connectivity index is 1.93. The number of hydrogen-bond donors (Lipinski definition) is 2. The molecule has 5 heteroatoms. The molecule has 2 N–H and O–H groups in total. The van der Waals surface area contributed by atoms with Crippen molar-refractivity contribution in [2.24, 2.45) is 0 Å². The lowest BCUT2D eigenvalue weighted by Crippen LogP contribution is -2.06. The molecule has 0 fully saturated rings. The zero-order chi connectivity index (χ0) is 13.7. The molecule has 19 heavy (non-hydrogen) atoms. The van der Waals surface area contributed by atoms with E-state index in [1.54, 1.807) is 18.5 Å². The lowest BCUT2D eigenvalue weighted by atomic mass is 10.1. The number of carbonyl (C=O) groups is 1. The normalized spacial score (nSPS) is 10.2. The highest BCUT2D eigenvalue weighted by molar-refractivity contribution is 5.88. The second kappa shape index (κ2) is 5.95. The summed E-state index contributed by atoms with van der Waals surface area (Å²) < 4.78 is 13.4. The van der Waals surface area contributed by atoms with E-state index in [1.807, 2.05) is 12.1 Å². The molecule has 0 aliphatic rings. The molecular weight excluding hydrogens is 247 g/mol. The van der Waals surface area contributed by atoms with E-state index < -0.39 is 11.8 Å². The van der Waals surface area contributed by atoms with Crippen LogP contribution in [-0.2, 0) is 6.42 Å². The summed E-state index contributed by atoms with van der Waals surface area (Å²) in [4.78, 5) is 14.6. The first-order chi connectivity index (χ1) is 9.16. The number of aromatic nitrogens is 1. The predicted octanol–water partition coefficient (Wildman–Crippen LogP) is 2.57. The number of nitrogens with one attached hydrogen (secondary N) is 1. The fourth-order valence-electron chi connectivity index (χ4n) is 1.70. The van der Waals surface area contributed by atoms with Gasteiger partial charge in [-0.1, -0.05) is 0 Å². The number of pyridine rings is 1. The fourth-order valence-corrected chi connectivity index (χ4v) is 1.70. The van der Waals surface area contributed by atoms with E-state index >= 15 is 0 Å². The van der Waals surface area contributed by atoms with Crippen LogP contribution in [0.25, 0.3) is 0 Å². The van der Waals surface area contributed by atoms with Crippen molar-refractivity contribution < 1.29 is 14.3 Å². The van der Waals surface area contributed by atoms with Gasteiger partial charge in [0.15, 0.2) is 0 Å². The molecule has 2 rings (SSSR count). The van der Waals surface area contributed by atoms with E-state index in [-0.39, 0.29) is 5.56 Å². The minimum absolute atomic E-state index is 0.320. The second-order valence-electron chi connectivity index (χ2n) is 4.03. The molecule has 0 atom stereocenters. The lowest BCUT2D eigenvalue weighted by Gasteiger charge is -2.07. The van der Waals surface area contributed by atoms with Gasteiger partial charge in [0.1, 0.15) is 5.82 Å². The van der Waals surface area contributed by atoms with Gasteiger partial charge in [-0.25, -0.2) is 9.18 Å². The molecule has 0 spiro atoms. The molecule has 0 bridgehead atoms. The molecule has 0 aliphatic carbocycles. The molecule has 0 saturated carbocycles. The van der Waals surface area contributed by atoms with Crippen LogP contribution in [-0.4, -0.2) is 22.6 Å². The van der Waals surface area contributed by atoms with Crippen molar-refractivity contribution in [2.75, 3.05) is 11.9 Å². The summed E-state index contributed by atoms with van der Waals surface area (Å²) in [6, 6.07) is 7.83. The number of rotatable bonds is 5. The van der Waals surface area contributed by atoms with Crippen LogP contribution in [0, 0.1) is 5.82 Å². The van der Waals surface area contributed by atoms with Gasteiger partial charge < -0.3 is 10.4 Å². The van der Waals surface area contributed by atoms with E-state index in [9.17, 15) is 9.18 Å². The van der Waals surface area contributed by atoms with Gasteiger partial charge >= 0.3 is 5.97 Å². The number of nitrogens with zero attached hydrogens (tertiary/aromatic N) is 1. The molecule has 4 nitrogen and oxygen atoms in total. The largest absolute Gasteiger partial charge is 0.478 e. The minimum Gasteiger partial charge on any atom is -0.478 e. The van der Waals surface area contributed by atoms with Gasteiger partial charge in [-0.2, -0.15) is 0 Å². The first-order valence-electron chi connectivity index (χ1n) is 5.82. The summed E-state index contributed by atoms with van der Waals surface area (Å²) in [5.41, 5.74) is 1.38.